The molecule has 1 aromatic rings. The normalized spacial score (nSPS) is 25.5. The van der Waals surface area contributed by atoms with Gasteiger partial charge in [-0.3, -0.25) is 4.79 Å². The monoisotopic (exact) mass is 324 g/mol. The lowest BCUT2D eigenvalue weighted by molar-refractivity contribution is -0.179. The van der Waals surface area contributed by atoms with Crippen molar-refractivity contribution in [2.45, 2.75) is 50.3 Å². The van der Waals surface area contributed by atoms with Crippen molar-refractivity contribution < 1.29 is 23.8 Å². The van der Waals surface area contributed by atoms with Gasteiger partial charge in [-0.2, -0.15) is 0 Å². The van der Waals surface area contributed by atoms with Gasteiger partial charge in [0.2, 0.25) is 6.29 Å². The Morgan fingerprint density at radius 1 is 1.32 bits per heavy atom. The van der Waals surface area contributed by atoms with Gasteiger partial charge < -0.3 is 14.2 Å². The summed E-state index contributed by atoms with van der Waals surface area (Å²) in [5, 5.41) is -0.00150. The van der Waals surface area contributed by atoms with Crippen molar-refractivity contribution in [3.05, 3.63) is 35.9 Å². The van der Waals surface area contributed by atoms with Crippen LogP contribution in [0.5, 0.6) is 0 Å². The molecule has 0 N–H and O–H groups in total. The molecule has 1 aliphatic rings. The molecular formula is C16H20O5S. The molecule has 1 aliphatic heterocycles. The number of ether oxygens (including phenoxy) is 3. The number of hydrogen-bond donors (Lipinski definition) is 0. The van der Waals surface area contributed by atoms with E-state index in [9.17, 15) is 9.59 Å². The van der Waals surface area contributed by atoms with Gasteiger partial charge in [0, 0.05) is 6.92 Å². The molecule has 2 unspecified atom stereocenters. The van der Waals surface area contributed by atoms with Crippen molar-refractivity contribution in [3.8, 4) is 0 Å². The van der Waals surface area contributed by atoms with E-state index < -0.39 is 6.29 Å². The second kappa shape index (κ2) is 7.65. The minimum absolute atomic E-state index is 0.00150. The third kappa shape index (κ3) is 4.24. The summed E-state index contributed by atoms with van der Waals surface area (Å²) in [7, 11) is 0. The Balaban J connectivity index is 1.97. The summed E-state index contributed by atoms with van der Waals surface area (Å²) < 4.78 is 16.4. The van der Waals surface area contributed by atoms with Gasteiger partial charge in [0.1, 0.15) is 11.5 Å². The number of carbonyl (C=O) groups is 2. The van der Waals surface area contributed by atoms with E-state index in [1.165, 1.54) is 18.7 Å². The zero-order valence-electron chi connectivity index (χ0n) is 12.9. The number of rotatable bonds is 5. The van der Waals surface area contributed by atoms with Crippen LogP contribution in [0.25, 0.3) is 0 Å². The van der Waals surface area contributed by atoms with E-state index in [1.54, 1.807) is 24.3 Å². The molecule has 2 rings (SSSR count). The van der Waals surface area contributed by atoms with Crippen molar-refractivity contribution in [1.29, 1.82) is 0 Å². The average molecular weight is 324 g/mol. The van der Waals surface area contributed by atoms with Gasteiger partial charge in [-0.1, -0.05) is 25.1 Å². The van der Waals surface area contributed by atoms with Gasteiger partial charge in [0.25, 0.3) is 0 Å². The van der Waals surface area contributed by atoms with E-state index in [4.69, 9.17) is 14.2 Å². The van der Waals surface area contributed by atoms with E-state index in [-0.39, 0.29) is 28.7 Å². The van der Waals surface area contributed by atoms with Crippen molar-refractivity contribution in [2.24, 2.45) is 0 Å². The second-order valence-electron chi connectivity index (χ2n) is 5.04. The summed E-state index contributed by atoms with van der Waals surface area (Å²) in [6.07, 6.45) is -0.367. The molecule has 0 aliphatic carbocycles. The number of esters is 2. The number of carbonyl (C=O) groups excluding carboxylic acids is 2. The summed E-state index contributed by atoms with van der Waals surface area (Å²) >= 11 is 1.51. The molecule has 0 bridgehead atoms. The topological polar surface area (TPSA) is 61.8 Å². The fraction of sp³-hybridized carbons (Fsp3) is 0.500. The van der Waals surface area contributed by atoms with Gasteiger partial charge >= 0.3 is 11.9 Å². The van der Waals surface area contributed by atoms with Crippen LogP contribution in [-0.2, 0) is 19.0 Å². The van der Waals surface area contributed by atoms with E-state index in [2.05, 4.69) is 0 Å². The zero-order chi connectivity index (χ0) is 16.1. The largest absolute Gasteiger partial charge is 0.455 e. The van der Waals surface area contributed by atoms with Gasteiger partial charge in [-0.05, 0) is 25.5 Å². The molecule has 0 amide bonds. The Morgan fingerprint density at radius 2 is 2.00 bits per heavy atom. The predicted octanol–water partition coefficient (Wildman–Crippen LogP) is 2.99. The van der Waals surface area contributed by atoms with Crippen LogP contribution in [0.1, 0.15) is 37.6 Å². The van der Waals surface area contributed by atoms with Crippen LogP contribution in [0, 0.1) is 0 Å². The number of benzene rings is 1. The maximum absolute atomic E-state index is 12.1. The standard InChI is InChI=1S/C16H20O5S/c1-4-13(20-14(18)12-8-6-5-7-9-12)16-21-15(10(2)22-16)19-11(3)17/h5-10,13,15-16H,4H2,1-3H3/t10-,13-,15?,16?/m0/s1. The van der Waals surface area contributed by atoms with Gasteiger partial charge in [0.05, 0.1) is 10.8 Å². The molecule has 1 saturated heterocycles. The van der Waals surface area contributed by atoms with E-state index in [1.807, 2.05) is 19.9 Å². The van der Waals surface area contributed by atoms with E-state index >= 15 is 0 Å². The molecule has 22 heavy (non-hydrogen) atoms. The Hall–Kier alpha value is -1.53. The molecule has 0 spiro atoms. The molecule has 1 fully saturated rings. The first-order valence-corrected chi connectivity index (χ1v) is 8.19. The van der Waals surface area contributed by atoms with Crippen molar-refractivity contribution in [1.82, 2.24) is 0 Å². The minimum atomic E-state index is -0.600. The smallest absolute Gasteiger partial charge is 0.338 e. The highest BCUT2D eigenvalue weighted by Gasteiger charge is 2.40. The molecule has 0 saturated carbocycles. The van der Waals surface area contributed by atoms with Crippen LogP contribution < -0.4 is 0 Å². The lowest BCUT2D eigenvalue weighted by atomic mass is 10.2. The Labute approximate surface area is 134 Å². The quantitative estimate of drug-likeness (QED) is 0.776. The predicted molar refractivity (Wildman–Crippen MR) is 83.4 cm³/mol. The first kappa shape index (κ1) is 16.8. The molecule has 120 valence electrons. The Morgan fingerprint density at radius 3 is 2.59 bits per heavy atom. The molecule has 5 nitrogen and oxygen atoms in total. The summed E-state index contributed by atoms with van der Waals surface area (Å²) in [6, 6.07) is 8.84. The van der Waals surface area contributed by atoms with Gasteiger partial charge in [-0.15, -0.1) is 11.8 Å². The molecule has 0 aromatic heterocycles. The lowest BCUT2D eigenvalue weighted by Gasteiger charge is -2.22. The highest BCUT2D eigenvalue weighted by Crippen LogP contribution is 2.37. The van der Waals surface area contributed by atoms with Crippen molar-refractivity contribution >= 4 is 23.7 Å². The van der Waals surface area contributed by atoms with E-state index in [0.717, 1.165) is 0 Å². The third-order valence-corrected chi connectivity index (χ3v) is 4.59. The Kier molecular flexibility index (Phi) is 5.85. The molecule has 0 radical (unpaired) electrons. The van der Waals surface area contributed by atoms with Crippen LogP contribution in [0.2, 0.25) is 0 Å². The lowest BCUT2D eigenvalue weighted by Crippen LogP contribution is -2.31. The average Bonchev–Trinajstić information content (AvgIpc) is 2.85. The maximum atomic E-state index is 12.1. The van der Waals surface area contributed by atoms with Gasteiger partial charge in [-0.25, -0.2) is 4.79 Å². The molecule has 1 heterocycles. The highest BCUT2D eigenvalue weighted by molar-refractivity contribution is 8.00. The third-order valence-electron chi connectivity index (χ3n) is 3.26. The molecule has 1 aromatic carbocycles. The molecule has 4 atom stereocenters. The van der Waals surface area contributed by atoms with Crippen LogP contribution in [0.15, 0.2) is 30.3 Å². The Bertz CT molecular complexity index is 519. The van der Waals surface area contributed by atoms with Crippen molar-refractivity contribution in [3.63, 3.8) is 0 Å². The zero-order valence-corrected chi connectivity index (χ0v) is 13.7. The number of hydrogen-bond acceptors (Lipinski definition) is 6. The molecule has 6 heteroatoms. The first-order valence-electron chi connectivity index (χ1n) is 7.25. The second-order valence-corrected chi connectivity index (χ2v) is 6.52. The van der Waals surface area contributed by atoms with E-state index in [0.29, 0.717) is 12.0 Å². The summed E-state index contributed by atoms with van der Waals surface area (Å²) in [5.41, 5.74) is 0.172. The van der Waals surface area contributed by atoms with Crippen molar-refractivity contribution in [2.75, 3.05) is 0 Å². The highest BCUT2D eigenvalue weighted by atomic mass is 32.2. The van der Waals surface area contributed by atoms with Crippen LogP contribution in [0.4, 0.5) is 0 Å². The first-order chi connectivity index (χ1) is 10.5. The summed E-state index contributed by atoms with van der Waals surface area (Å²) in [4.78, 5) is 23.2. The SMILES string of the molecule is CC[C@H](OC(=O)c1ccccc1)C1OC(OC(C)=O)[C@H](C)S1. The summed E-state index contributed by atoms with van der Waals surface area (Å²) in [5.74, 6) is -0.757. The van der Waals surface area contributed by atoms with Gasteiger partial charge in [0.15, 0.2) is 0 Å². The maximum Gasteiger partial charge on any atom is 0.338 e. The van der Waals surface area contributed by atoms with Crippen LogP contribution in [-0.4, -0.2) is 35.0 Å². The van der Waals surface area contributed by atoms with Crippen LogP contribution in [0.3, 0.4) is 0 Å². The number of thioether (sulfide) groups is 1. The molecular weight excluding hydrogens is 304 g/mol. The van der Waals surface area contributed by atoms with Crippen LogP contribution >= 0.6 is 11.8 Å². The fourth-order valence-electron chi connectivity index (χ4n) is 2.12. The fourth-order valence-corrected chi connectivity index (χ4v) is 3.39. The minimum Gasteiger partial charge on any atom is -0.455 e. The summed E-state index contributed by atoms with van der Waals surface area (Å²) in [6.45, 7) is 5.20.